The first-order chi connectivity index (χ1) is 8.06. The van der Waals surface area contributed by atoms with Crippen LogP contribution in [-0.4, -0.2) is 23.8 Å². The molecule has 0 saturated heterocycles. The van der Waals surface area contributed by atoms with Gasteiger partial charge in [-0.1, -0.05) is 26.0 Å². The lowest BCUT2D eigenvalue weighted by atomic mass is 9.91. The Morgan fingerprint density at radius 2 is 1.35 bits per heavy atom. The van der Waals surface area contributed by atoms with Crippen molar-refractivity contribution in [2.24, 2.45) is 11.8 Å². The highest BCUT2D eigenvalue weighted by Crippen LogP contribution is 2.23. The lowest BCUT2D eigenvalue weighted by molar-refractivity contribution is -0.120. The molecule has 17 heavy (non-hydrogen) atoms. The number of carbonyl (C=O) groups is 2. The molecule has 0 N–H and O–H groups in total. The molecule has 2 aliphatic rings. The molecule has 0 unspecified atom stereocenters. The van der Waals surface area contributed by atoms with Crippen molar-refractivity contribution in [3.63, 3.8) is 0 Å². The Kier molecular flexibility index (Phi) is 3.57. The van der Waals surface area contributed by atoms with E-state index in [1.807, 2.05) is 26.0 Å². The zero-order chi connectivity index (χ0) is 12.4. The van der Waals surface area contributed by atoms with E-state index in [0.29, 0.717) is 0 Å². The Labute approximate surface area is 102 Å². The summed E-state index contributed by atoms with van der Waals surface area (Å²) < 4.78 is 5.89. The highest BCUT2D eigenvalue weighted by Gasteiger charge is 2.26. The maximum Gasteiger partial charge on any atom is 0.158 e. The van der Waals surface area contributed by atoms with Gasteiger partial charge in [-0.3, -0.25) is 9.59 Å². The van der Waals surface area contributed by atoms with Gasteiger partial charge in [0.2, 0.25) is 0 Å². The van der Waals surface area contributed by atoms with Crippen molar-refractivity contribution in [1.29, 1.82) is 0 Å². The molecule has 0 aromatic heterocycles. The Morgan fingerprint density at radius 1 is 0.941 bits per heavy atom. The van der Waals surface area contributed by atoms with E-state index in [9.17, 15) is 9.59 Å². The minimum atomic E-state index is -0.00208. The van der Waals surface area contributed by atoms with Gasteiger partial charge in [-0.15, -0.1) is 0 Å². The largest absolute Gasteiger partial charge is 0.367 e. The monoisotopic (exact) mass is 234 g/mol. The molecule has 0 fully saturated rings. The van der Waals surface area contributed by atoms with Crippen LogP contribution in [0.2, 0.25) is 0 Å². The SMILES string of the molecule is C[C@H]1C[C@@H](O[C@H]2C=CC(=O)[C@@H](C)C2)C=CC1=O. The third-order valence-corrected chi connectivity index (χ3v) is 3.44. The summed E-state index contributed by atoms with van der Waals surface area (Å²) in [6.07, 6.45) is 8.36. The van der Waals surface area contributed by atoms with E-state index < -0.39 is 0 Å². The molecular formula is C14H18O3. The lowest BCUT2D eigenvalue weighted by Crippen LogP contribution is -2.30. The van der Waals surface area contributed by atoms with E-state index in [2.05, 4.69) is 0 Å². The van der Waals surface area contributed by atoms with Gasteiger partial charge in [0.05, 0.1) is 12.2 Å². The highest BCUT2D eigenvalue weighted by atomic mass is 16.5. The molecule has 2 aliphatic carbocycles. The summed E-state index contributed by atoms with van der Waals surface area (Å²) in [5.74, 6) is 0.424. The number of hydrogen-bond donors (Lipinski definition) is 0. The molecule has 0 heterocycles. The smallest absolute Gasteiger partial charge is 0.158 e. The minimum Gasteiger partial charge on any atom is -0.367 e. The molecule has 0 aromatic carbocycles. The van der Waals surface area contributed by atoms with Gasteiger partial charge >= 0.3 is 0 Å². The minimum absolute atomic E-state index is 0.00208. The van der Waals surface area contributed by atoms with Crippen LogP contribution in [0.1, 0.15) is 26.7 Å². The average Bonchev–Trinajstić information content (AvgIpc) is 2.29. The number of hydrogen-bond acceptors (Lipinski definition) is 3. The summed E-state index contributed by atoms with van der Waals surface area (Å²) in [7, 11) is 0. The quantitative estimate of drug-likeness (QED) is 0.734. The summed E-state index contributed by atoms with van der Waals surface area (Å²) in [6, 6.07) is 0. The van der Waals surface area contributed by atoms with Crippen LogP contribution in [0.4, 0.5) is 0 Å². The number of carbonyl (C=O) groups excluding carboxylic acids is 2. The van der Waals surface area contributed by atoms with Gasteiger partial charge in [-0.2, -0.15) is 0 Å². The molecule has 3 heteroatoms. The van der Waals surface area contributed by atoms with E-state index in [4.69, 9.17) is 4.74 Å². The van der Waals surface area contributed by atoms with Gasteiger partial charge in [-0.25, -0.2) is 0 Å². The Morgan fingerprint density at radius 3 is 1.71 bits per heavy atom. The summed E-state index contributed by atoms with van der Waals surface area (Å²) in [6.45, 7) is 3.84. The van der Waals surface area contributed by atoms with E-state index >= 15 is 0 Å². The molecule has 0 saturated carbocycles. The normalized spacial score (nSPS) is 37.5. The second-order valence-corrected chi connectivity index (χ2v) is 5.01. The zero-order valence-electron chi connectivity index (χ0n) is 10.3. The molecule has 0 aliphatic heterocycles. The van der Waals surface area contributed by atoms with Crippen molar-refractivity contribution >= 4 is 11.6 Å². The van der Waals surface area contributed by atoms with Crippen LogP contribution < -0.4 is 0 Å². The molecule has 0 aromatic rings. The topological polar surface area (TPSA) is 43.4 Å². The first-order valence-corrected chi connectivity index (χ1v) is 6.16. The maximum atomic E-state index is 11.3. The van der Waals surface area contributed by atoms with Crippen LogP contribution >= 0.6 is 0 Å². The van der Waals surface area contributed by atoms with Gasteiger partial charge in [0.25, 0.3) is 0 Å². The zero-order valence-corrected chi connectivity index (χ0v) is 10.3. The van der Waals surface area contributed by atoms with Crippen molar-refractivity contribution in [3.8, 4) is 0 Å². The number of rotatable bonds is 2. The van der Waals surface area contributed by atoms with Crippen molar-refractivity contribution in [3.05, 3.63) is 24.3 Å². The van der Waals surface area contributed by atoms with E-state index in [0.717, 1.165) is 12.8 Å². The molecule has 0 radical (unpaired) electrons. The standard InChI is InChI=1S/C14H18O3/c1-9-7-11(3-5-13(9)15)17-12-4-6-14(16)10(2)8-12/h3-6,9-12H,7-8H2,1-2H3/t9-,10-,11-,12-/m0/s1. The average molecular weight is 234 g/mol. The first kappa shape index (κ1) is 12.2. The van der Waals surface area contributed by atoms with Gasteiger partial charge in [0.1, 0.15) is 0 Å². The van der Waals surface area contributed by atoms with E-state index in [1.54, 1.807) is 12.2 Å². The van der Waals surface area contributed by atoms with E-state index in [1.165, 1.54) is 0 Å². The molecule has 2 rings (SSSR count). The molecule has 0 bridgehead atoms. The fourth-order valence-electron chi connectivity index (χ4n) is 2.25. The van der Waals surface area contributed by atoms with Gasteiger partial charge in [-0.05, 0) is 25.0 Å². The molecule has 3 nitrogen and oxygen atoms in total. The van der Waals surface area contributed by atoms with E-state index in [-0.39, 0.29) is 35.6 Å². The van der Waals surface area contributed by atoms with Crippen LogP contribution in [0.15, 0.2) is 24.3 Å². The third kappa shape index (κ3) is 2.91. The Hall–Kier alpha value is -1.22. The molecule has 92 valence electrons. The Balaban J connectivity index is 1.94. The van der Waals surface area contributed by atoms with Gasteiger partial charge < -0.3 is 4.74 Å². The predicted octanol–water partition coefficient (Wildman–Crippen LogP) is 2.07. The van der Waals surface area contributed by atoms with Gasteiger partial charge in [0, 0.05) is 11.8 Å². The highest BCUT2D eigenvalue weighted by molar-refractivity contribution is 5.93. The Bertz CT molecular complexity index is 345. The van der Waals surface area contributed by atoms with Crippen molar-refractivity contribution < 1.29 is 14.3 Å². The van der Waals surface area contributed by atoms with Crippen LogP contribution in [0.25, 0.3) is 0 Å². The molecular weight excluding hydrogens is 216 g/mol. The number of ether oxygens (including phenoxy) is 1. The van der Waals surface area contributed by atoms with Crippen molar-refractivity contribution in [1.82, 2.24) is 0 Å². The van der Waals surface area contributed by atoms with Crippen molar-refractivity contribution in [2.75, 3.05) is 0 Å². The first-order valence-electron chi connectivity index (χ1n) is 6.16. The van der Waals surface area contributed by atoms with Crippen molar-refractivity contribution in [2.45, 2.75) is 38.9 Å². The lowest BCUT2D eigenvalue weighted by Gasteiger charge is -2.28. The van der Waals surface area contributed by atoms with Gasteiger partial charge in [0.15, 0.2) is 11.6 Å². The summed E-state index contributed by atoms with van der Waals surface area (Å²) in [4.78, 5) is 22.7. The molecule has 0 spiro atoms. The van der Waals surface area contributed by atoms with Crippen LogP contribution in [0.3, 0.4) is 0 Å². The molecule has 0 amide bonds. The summed E-state index contributed by atoms with van der Waals surface area (Å²) >= 11 is 0. The summed E-state index contributed by atoms with van der Waals surface area (Å²) in [5, 5.41) is 0. The number of ketones is 2. The van der Waals surface area contributed by atoms with Crippen LogP contribution in [0, 0.1) is 11.8 Å². The number of allylic oxidation sites excluding steroid dienone is 2. The predicted molar refractivity (Wildman–Crippen MR) is 64.5 cm³/mol. The fraction of sp³-hybridized carbons (Fsp3) is 0.571. The van der Waals surface area contributed by atoms with Crippen LogP contribution in [-0.2, 0) is 14.3 Å². The third-order valence-electron chi connectivity index (χ3n) is 3.44. The summed E-state index contributed by atoms with van der Waals surface area (Å²) in [5.41, 5.74) is 0. The molecule has 4 atom stereocenters. The second kappa shape index (κ2) is 4.96. The van der Waals surface area contributed by atoms with Crippen LogP contribution in [0.5, 0.6) is 0 Å². The second-order valence-electron chi connectivity index (χ2n) is 5.01. The fourth-order valence-corrected chi connectivity index (χ4v) is 2.25. The maximum absolute atomic E-state index is 11.3.